The lowest BCUT2D eigenvalue weighted by Gasteiger charge is -2.38. The first kappa shape index (κ1) is 12.3. The number of hydrogen-bond acceptors (Lipinski definition) is 4. The van der Waals surface area contributed by atoms with Crippen molar-refractivity contribution in [1.82, 2.24) is 9.71 Å². The van der Waals surface area contributed by atoms with E-state index in [2.05, 4.69) is 16.6 Å². The Hall–Kier alpha value is -1.14. The van der Waals surface area contributed by atoms with Gasteiger partial charge in [-0.25, -0.2) is 18.1 Å². The average molecular weight is 255 g/mol. The van der Waals surface area contributed by atoms with E-state index < -0.39 is 10.0 Å². The minimum absolute atomic E-state index is 0.117. The molecule has 17 heavy (non-hydrogen) atoms. The van der Waals surface area contributed by atoms with Crippen molar-refractivity contribution in [2.75, 3.05) is 12.3 Å². The molecule has 1 aromatic heterocycles. The van der Waals surface area contributed by atoms with Crippen LogP contribution < -0.4 is 10.5 Å². The Kier molecular flexibility index (Phi) is 3.09. The molecule has 0 atom stereocenters. The summed E-state index contributed by atoms with van der Waals surface area (Å²) < 4.78 is 26.6. The number of nitrogen functional groups attached to an aromatic ring is 1. The molecule has 0 saturated heterocycles. The summed E-state index contributed by atoms with van der Waals surface area (Å²) in [6.07, 6.45) is 4.73. The molecule has 1 heterocycles. The number of rotatable bonds is 4. The molecule has 6 heteroatoms. The highest BCUT2D eigenvalue weighted by molar-refractivity contribution is 7.89. The normalized spacial score (nSPS) is 18.6. The monoisotopic (exact) mass is 255 g/mol. The van der Waals surface area contributed by atoms with Crippen molar-refractivity contribution < 1.29 is 8.42 Å². The highest BCUT2D eigenvalue weighted by Crippen LogP contribution is 2.39. The fourth-order valence-corrected chi connectivity index (χ4v) is 3.13. The first-order chi connectivity index (χ1) is 7.91. The predicted molar refractivity (Wildman–Crippen MR) is 65.8 cm³/mol. The van der Waals surface area contributed by atoms with Gasteiger partial charge in [-0.05, 0) is 24.3 Å². The molecule has 0 aliphatic heterocycles. The standard InChI is InChI=1S/C11H17N3O2S/c1-11(4-2-5-11)8-14-17(15,16)9-3-6-13-10(12)7-9/h3,6-7,14H,2,4-5,8H2,1H3,(H2,12,13). The summed E-state index contributed by atoms with van der Waals surface area (Å²) in [6.45, 7) is 2.58. The molecule has 0 unspecified atom stereocenters. The van der Waals surface area contributed by atoms with Crippen LogP contribution in [0.5, 0.6) is 0 Å². The first-order valence-electron chi connectivity index (χ1n) is 5.63. The molecule has 0 spiro atoms. The highest BCUT2D eigenvalue weighted by atomic mass is 32.2. The van der Waals surface area contributed by atoms with Gasteiger partial charge >= 0.3 is 0 Å². The number of aromatic nitrogens is 1. The second-order valence-electron chi connectivity index (χ2n) is 4.91. The molecule has 2 rings (SSSR count). The van der Waals surface area contributed by atoms with Crippen molar-refractivity contribution in [3.05, 3.63) is 18.3 Å². The van der Waals surface area contributed by atoms with Crippen molar-refractivity contribution >= 4 is 15.8 Å². The van der Waals surface area contributed by atoms with Crippen LogP contribution in [-0.2, 0) is 10.0 Å². The van der Waals surface area contributed by atoms with Crippen LogP contribution in [0.15, 0.2) is 23.2 Å². The maximum Gasteiger partial charge on any atom is 0.240 e. The minimum atomic E-state index is -3.46. The van der Waals surface area contributed by atoms with Gasteiger partial charge in [0, 0.05) is 18.8 Å². The zero-order chi connectivity index (χ0) is 12.5. The van der Waals surface area contributed by atoms with Crippen molar-refractivity contribution in [3.63, 3.8) is 0 Å². The summed E-state index contributed by atoms with van der Waals surface area (Å²) >= 11 is 0. The molecular formula is C11H17N3O2S. The van der Waals surface area contributed by atoms with Crippen LogP contribution in [0, 0.1) is 5.41 Å². The number of nitrogens with one attached hydrogen (secondary N) is 1. The van der Waals surface area contributed by atoms with Gasteiger partial charge in [0.25, 0.3) is 0 Å². The van der Waals surface area contributed by atoms with Gasteiger partial charge in [-0.2, -0.15) is 0 Å². The SMILES string of the molecule is CC1(CNS(=O)(=O)c2ccnc(N)c2)CCC1. The molecule has 1 aliphatic rings. The molecule has 0 radical (unpaired) electrons. The van der Waals surface area contributed by atoms with E-state index in [9.17, 15) is 8.42 Å². The number of nitrogens with two attached hydrogens (primary N) is 1. The second kappa shape index (κ2) is 4.27. The van der Waals surface area contributed by atoms with Crippen molar-refractivity contribution in [2.45, 2.75) is 31.1 Å². The summed E-state index contributed by atoms with van der Waals surface area (Å²) in [5, 5.41) is 0. The largest absolute Gasteiger partial charge is 0.384 e. The lowest BCUT2D eigenvalue weighted by Crippen LogP contribution is -2.39. The van der Waals surface area contributed by atoms with Crippen LogP contribution in [-0.4, -0.2) is 19.9 Å². The molecule has 3 N–H and O–H groups in total. The molecule has 1 aromatic rings. The van der Waals surface area contributed by atoms with Crippen LogP contribution in [0.2, 0.25) is 0 Å². The van der Waals surface area contributed by atoms with E-state index in [-0.39, 0.29) is 16.1 Å². The van der Waals surface area contributed by atoms with E-state index in [4.69, 9.17) is 5.73 Å². The third kappa shape index (κ3) is 2.76. The molecular weight excluding hydrogens is 238 g/mol. The zero-order valence-electron chi connectivity index (χ0n) is 9.81. The highest BCUT2D eigenvalue weighted by Gasteiger charge is 2.33. The first-order valence-corrected chi connectivity index (χ1v) is 7.11. The van der Waals surface area contributed by atoms with Crippen LogP contribution in [0.1, 0.15) is 26.2 Å². The van der Waals surface area contributed by atoms with Crippen LogP contribution in [0.3, 0.4) is 0 Å². The molecule has 1 fully saturated rings. The summed E-state index contributed by atoms with van der Waals surface area (Å²) in [6, 6.07) is 2.81. The molecule has 5 nitrogen and oxygen atoms in total. The van der Waals surface area contributed by atoms with E-state index in [0.29, 0.717) is 6.54 Å². The third-order valence-electron chi connectivity index (χ3n) is 3.31. The van der Waals surface area contributed by atoms with Crippen molar-refractivity contribution in [2.24, 2.45) is 5.41 Å². The minimum Gasteiger partial charge on any atom is -0.384 e. The maximum atomic E-state index is 12.0. The Morgan fingerprint density at radius 2 is 2.24 bits per heavy atom. The van der Waals surface area contributed by atoms with Crippen molar-refractivity contribution in [1.29, 1.82) is 0 Å². The summed E-state index contributed by atoms with van der Waals surface area (Å²) in [4.78, 5) is 3.95. The van der Waals surface area contributed by atoms with Gasteiger partial charge in [0.1, 0.15) is 5.82 Å². The molecule has 94 valence electrons. The zero-order valence-corrected chi connectivity index (χ0v) is 10.6. The second-order valence-corrected chi connectivity index (χ2v) is 6.67. The van der Waals surface area contributed by atoms with Gasteiger partial charge in [-0.1, -0.05) is 13.3 Å². The van der Waals surface area contributed by atoms with Gasteiger partial charge in [0.2, 0.25) is 10.0 Å². The molecule has 0 aromatic carbocycles. The van der Waals surface area contributed by atoms with Gasteiger partial charge in [0.05, 0.1) is 4.90 Å². The summed E-state index contributed by atoms with van der Waals surface area (Å²) in [5.41, 5.74) is 5.59. The van der Waals surface area contributed by atoms with Crippen molar-refractivity contribution in [3.8, 4) is 0 Å². The predicted octanol–water partition coefficient (Wildman–Crippen LogP) is 1.13. The van der Waals surface area contributed by atoms with Crippen LogP contribution in [0.25, 0.3) is 0 Å². The Bertz CT molecular complexity index is 509. The van der Waals surface area contributed by atoms with E-state index in [1.54, 1.807) is 0 Å². The number of hydrogen-bond donors (Lipinski definition) is 2. The number of nitrogens with zero attached hydrogens (tertiary/aromatic N) is 1. The fourth-order valence-electron chi connectivity index (χ4n) is 1.90. The third-order valence-corrected chi connectivity index (χ3v) is 4.71. The lowest BCUT2D eigenvalue weighted by molar-refractivity contribution is 0.166. The quantitative estimate of drug-likeness (QED) is 0.844. The van der Waals surface area contributed by atoms with Crippen LogP contribution >= 0.6 is 0 Å². The van der Waals surface area contributed by atoms with Gasteiger partial charge < -0.3 is 5.73 Å². The number of pyridine rings is 1. The molecule has 0 bridgehead atoms. The molecule has 1 aliphatic carbocycles. The number of anilines is 1. The molecule has 1 saturated carbocycles. The summed E-state index contributed by atoms with van der Waals surface area (Å²) in [7, 11) is -3.46. The van der Waals surface area contributed by atoms with E-state index in [0.717, 1.165) is 12.8 Å². The maximum absolute atomic E-state index is 12.0. The topological polar surface area (TPSA) is 85.1 Å². The Morgan fingerprint density at radius 3 is 2.76 bits per heavy atom. The Balaban J connectivity index is 2.08. The lowest BCUT2D eigenvalue weighted by atomic mass is 9.71. The Labute approximate surface area is 101 Å². The van der Waals surface area contributed by atoms with Gasteiger partial charge in [0.15, 0.2) is 0 Å². The van der Waals surface area contributed by atoms with Gasteiger partial charge in [-0.15, -0.1) is 0 Å². The summed E-state index contributed by atoms with van der Waals surface area (Å²) in [5.74, 6) is 0.211. The number of sulfonamides is 1. The average Bonchev–Trinajstić information content (AvgIpc) is 2.24. The van der Waals surface area contributed by atoms with E-state index >= 15 is 0 Å². The van der Waals surface area contributed by atoms with E-state index in [1.807, 2.05) is 0 Å². The Morgan fingerprint density at radius 1 is 1.53 bits per heavy atom. The van der Waals surface area contributed by atoms with Crippen LogP contribution in [0.4, 0.5) is 5.82 Å². The van der Waals surface area contributed by atoms with E-state index in [1.165, 1.54) is 24.8 Å². The molecule has 0 amide bonds. The smallest absolute Gasteiger partial charge is 0.240 e. The van der Waals surface area contributed by atoms with Gasteiger partial charge in [-0.3, -0.25) is 0 Å². The fraction of sp³-hybridized carbons (Fsp3) is 0.545.